The number of aliphatic hydroxyl groups excluding tert-OH is 1. The number of nitrogens with zero attached hydrogens (tertiary/aromatic N) is 1. The van der Waals surface area contributed by atoms with Crippen molar-refractivity contribution in [2.45, 2.75) is 38.8 Å². The molecule has 3 N–H and O–H groups in total. The molecule has 1 aliphatic rings. The van der Waals surface area contributed by atoms with Crippen LogP contribution in [0, 0.1) is 6.92 Å². The first-order valence-electron chi connectivity index (χ1n) is 10.3. The van der Waals surface area contributed by atoms with E-state index in [0.717, 1.165) is 41.2 Å². The van der Waals surface area contributed by atoms with Crippen LogP contribution in [0.25, 0.3) is 0 Å². The van der Waals surface area contributed by atoms with Crippen LogP contribution in [0.15, 0.2) is 59.4 Å². The van der Waals surface area contributed by atoms with Crippen molar-refractivity contribution in [3.63, 3.8) is 0 Å². The summed E-state index contributed by atoms with van der Waals surface area (Å²) in [6.45, 7) is 4.21. The number of aliphatic hydroxyl groups is 1. The van der Waals surface area contributed by atoms with Crippen molar-refractivity contribution >= 4 is 0 Å². The fraction of sp³-hybridized carbons (Fsp3) is 0.333. The predicted molar refractivity (Wildman–Crippen MR) is 113 cm³/mol. The van der Waals surface area contributed by atoms with Gasteiger partial charge in [-0.15, -0.1) is 0 Å². The highest BCUT2D eigenvalue weighted by atomic mass is 16.3. The van der Waals surface area contributed by atoms with E-state index in [1.807, 2.05) is 36.4 Å². The average Bonchev–Trinajstić information content (AvgIpc) is 2.69. The van der Waals surface area contributed by atoms with Crippen molar-refractivity contribution < 1.29 is 10.0 Å². The summed E-state index contributed by atoms with van der Waals surface area (Å²) in [5, 5.41) is 10.5. The monoisotopic (exact) mass is 390 g/mol. The second-order valence-electron chi connectivity index (χ2n) is 8.08. The van der Waals surface area contributed by atoms with Crippen molar-refractivity contribution in [3.05, 3.63) is 98.7 Å². The SMILES string of the molecule is Cc1cccc(Cc2nc3c(c(=O)[nH]2)C[NH+](C[C@H](O)Cc2ccccc2)CC3)c1. The molecule has 1 aromatic heterocycles. The number of benzene rings is 2. The van der Waals surface area contributed by atoms with Gasteiger partial charge in [0, 0.05) is 19.3 Å². The van der Waals surface area contributed by atoms with E-state index in [2.05, 4.69) is 30.1 Å². The number of nitrogens with one attached hydrogen (secondary N) is 2. The highest BCUT2D eigenvalue weighted by Crippen LogP contribution is 2.10. The number of hydrogen-bond donors (Lipinski definition) is 3. The van der Waals surface area contributed by atoms with Crippen molar-refractivity contribution in [3.8, 4) is 0 Å². The minimum atomic E-state index is -0.415. The van der Waals surface area contributed by atoms with E-state index in [-0.39, 0.29) is 5.56 Å². The van der Waals surface area contributed by atoms with Gasteiger partial charge in [-0.25, -0.2) is 4.98 Å². The molecule has 5 nitrogen and oxygen atoms in total. The Labute approximate surface area is 171 Å². The predicted octanol–water partition coefficient (Wildman–Crippen LogP) is 1.21. The molecule has 2 aromatic carbocycles. The van der Waals surface area contributed by atoms with Crippen LogP contribution < -0.4 is 10.5 Å². The van der Waals surface area contributed by atoms with Gasteiger partial charge in [-0.3, -0.25) is 4.79 Å². The summed E-state index contributed by atoms with van der Waals surface area (Å²) < 4.78 is 0. The van der Waals surface area contributed by atoms with Crippen LogP contribution in [0.1, 0.15) is 33.8 Å². The van der Waals surface area contributed by atoms with E-state index in [1.165, 1.54) is 10.5 Å². The Morgan fingerprint density at radius 1 is 1.14 bits per heavy atom. The molecule has 2 heterocycles. The van der Waals surface area contributed by atoms with Gasteiger partial charge >= 0.3 is 0 Å². The molecule has 3 aromatic rings. The number of aromatic amines is 1. The average molecular weight is 391 g/mol. The first-order chi connectivity index (χ1) is 14.1. The number of H-pyrrole nitrogens is 1. The number of rotatable bonds is 6. The van der Waals surface area contributed by atoms with Gasteiger partial charge in [-0.2, -0.15) is 0 Å². The van der Waals surface area contributed by atoms with Crippen LogP contribution in [0.5, 0.6) is 0 Å². The lowest BCUT2D eigenvalue weighted by molar-refractivity contribution is -0.919. The summed E-state index contributed by atoms with van der Waals surface area (Å²) in [5.74, 6) is 0.729. The summed E-state index contributed by atoms with van der Waals surface area (Å²) in [5.41, 5.74) is 5.14. The Kier molecular flexibility index (Phi) is 5.88. The minimum absolute atomic E-state index is 0.0348. The van der Waals surface area contributed by atoms with E-state index >= 15 is 0 Å². The number of aromatic nitrogens is 2. The summed E-state index contributed by atoms with van der Waals surface area (Å²) >= 11 is 0. The molecule has 0 fully saturated rings. The lowest BCUT2D eigenvalue weighted by Gasteiger charge is -2.26. The smallest absolute Gasteiger partial charge is 0.260 e. The van der Waals surface area contributed by atoms with Gasteiger partial charge in [0.25, 0.3) is 5.56 Å². The number of quaternary nitrogens is 1. The van der Waals surface area contributed by atoms with Gasteiger partial charge in [0.15, 0.2) is 0 Å². The Morgan fingerprint density at radius 3 is 2.72 bits per heavy atom. The van der Waals surface area contributed by atoms with Gasteiger partial charge in [-0.1, -0.05) is 60.2 Å². The van der Waals surface area contributed by atoms with Crippen LogP contribution in [0.4, 0.5) is 0 Å². The zero-order chi connectivity index (χ0) is 20.2. The third-order valence-electron chi connectivity index (χ3n) is 5.58. The first kappa shape index (κ1) is 19.6. The number of aryl methyl sites for hydroxylation is 1. The van der Waals surface area contributed by atoms with Crippen LogP contribution >= 0.6 is 0 Å². The molecule has 0 radical (unpaired) electrons. The van der Waals surface area contributed by atoms with Gasteiger partial charge in [0.2, 0.25) is 0 Å². The third-order valence-corrected chi connectivity index (χ3v) is 5.58. The number of fused-ring (bicyclic) bond motifs is 1. The van der Waals surface area contributed by atoms with E-state index in [4.69, 9.17) is 4.98 Å². The summed E-state index contributed by atoms with van der Waals surface area (Å²) in [6.07, 6.45) is 1.63. The summed E-state index contributed by atoms with van der Waals surface area (Å²) in [6, 6.07) is 18.3. The Bertz CT molecular complexity index is 1030. The molecular weight excluding hydrogens is 362 g/mol. The molecular formula is C24H28N3O2+. The van der Waals surface area contributed by atoms with Gasteiger partial charge in [-0.05, 0) is 18.1 Å². The van der Waals surface area contributed by atoms with Crippen molar-refractivity contribution in [2.24, 2.45) is 0 Å². The molecule has 0 amide bonds. The van der Waals surface area contributed by atoms with E-state index in [9.17, 15) is 9.90 Å². The molecule has 2 atom stereocenters. The van der Waals surface area contributed by atoms with Crippen LogP contribution in [0.2, 0.25) is 0 Å². The largest absolute Gasteiger partial charge is 0.387 e. The fourth-order valence-electron chi connectivity index (χ4n) is 4.18. The van der Waals surface area contributed by atoms with Gasteiger partial charge < -0.3 is 15.0 Å². The maximum atomic E-state index is 12.7. The molecule has 0 bridgehead atoms. The maximum absolute atomic E-state index is 12.7. The number of hydrogen-bond acceptors (Lipinski definition) is 3. The second kappa shape index (κ2) is 8.72. The maximum Gasteiger partial charge on any atom is 0.260 e. The lowest BCUT2D eigenvalue weighted by Crippen LogP contribution is -3.13. The second-order valence-corrected chi connectivity index (χ2v) is 8.08. The normalized spacial score (nSPS) is 17.0. The summed E-state index contributed by atoms with van der Waals surface area (Å²) in [7, 11) is 0. The van der Waals surface area contributed by atoms with Crippen molar-refractivity contribution in [2.75, 3.05) is 13.1 Å². The topological polar surface area (TPSA) is 70.4 Å². The molecule has 150 valence electrons. The van der Waals surface area contributed by atoms with E-state index in [0.29, 0.717) is 25.9 Å². The quantitative estimate of drug-likeness (QED) is 0.593. The lowest BCUT2D eigenvalue weighted by atomic mass is 10.0. The zero-order valence-corrected chi connectivity index (χ0v) is 16.8. The fourth-order valence-corrected chi connectivity index (χ4v) is 4.18. The zero-order valence-electron chi connectivity index (χ0n) is 16.8. The minimum Gasteiger partial charge on any atom is -0.387 e. The van der Waals surface area contributed by atoms with E-state index < -0.39 is 6.10 Å². The van der Waals surface area contributed by atoms with Gasteiger partial charge in [0.05, 0.1) is 17.8 Å². The van der Waals surface area contributed by atoms with Crippen LogP contribution in [-0.2, 0) is 25.8 Å². The van der Waals surface area contributed by atoms with Crippen LogP contribution in [0.3, 0.4) is 0 Å². The molecule has 0 aliphatic carbocycles. The van der Waals surface area contributed by atoms with Crippen molar-refractivity contribution in [1.82, 2.24) is 9.97 Å². The highest BCUT2D eigenvalue weighted by molar-refractivity contribution is 5.26. The Balaban J connectivity index is 1.42. The van der Waals surface area contributed by atoms with E-state index in [1.54, 1.807) is 0 Å². The molecule has 1 aliphatic heterocycles. The van der Waals surface area contributed by atoms with Crippen LogP contribution in [-0.4, -0.2) is 34.3 Å². The first-order valence-corrected chi connectivity index (χ1v) is 10.3. The highest BCUT2D eigenvalue weighted by Gasteiger charge is 2.26. The van der Waals surface area contributed by atoms with Gasteiger partial charge in [0.1, 0.15) is 25.0 Å². The molecule has 1 unspecified atom stereocenters. The summed E-state index contributed by atoms with van der Waals surface area (Å²) in [4.78, 5) is 21.7. The third kappa shape index (κ3) is 5.00. The molecule has 0 saturated heterocycles. The van der Waals surface area contributed by atoms with Crippen molar-refractivity contribution in [1.29, 1.82) is 0 Å². The molecule has 0 spiro atoms. The Morgan fingerprint density at radius 2 is 1.93 bits per heavy atom. The molecule has 5 heteroatoms. The molecule has 0 saturated carbocycles. The Hall–Kier alpha value is -2.76. The standard InChI is InChI=1S/C24H27N3O2/c1-17-6-5-9-19(12-17)14-23-25-22-10-11-27(16-21(22)24(29)26-23)15-20(28)13-18-7-3-2-4-8-18/h2-9,12,20,28H,10-11,13-16H2,1H3,(H,25,26,29)/p+1/t20-/m1/s1. The molecule has 29 heavy (non-hydrogen) atoms. The molecule has 4 rings (SSSR count).